The first-order valence-corrected chi connectivity index (χ1v) is 5.32. The summed E-state index contributed by atoms with van der Waals surface area (Å²) < 4.78 is 0. The van der Waals surface area contributed by atoms with E-state index in [0.717, 1.165) is 0 Å². The van der Waals surface area contributed by atoms with Crippen molar-refractivity contribution in [2.24, 2.45) is 5.84 Å². The third-order valence-electron chi connectivity index (χ3n) is 2.10. The zero-order chi connectivity index (χ0) is 13.9. The summed E-state index contributed by atoms with van der Waals surface area (Å²) in [6, 6.07) is 3.87. The van der Waals surface area contributed by atoms with Crippen LogP contribution in [0.2, 0.25) is 0 Å². The molecule has 1 amide bonds. The molecule has 1 aromatic carbocycles. The summed E-state index contributed by atoms with van der Waals surface area (Å²) in [5.41, 5.74) is 2.22. The van der Waals surface area contributed by atoms with E-state index >= 15 is 0 Å². The van der Waals surface area contributed by atoms with Gasteiger partial charge in [-0.25, -0.2) is 0 Å². The number of non-ortho nitro benzene ring substituents is 1. The summed E-state index contributed by atoms with van der Waals surface area (Å²) in [5, 5.41) is 13.4. The summed E-state index contributed by atoms with van der Waals surface area (Å²) in [6.45, 7) is 5.45. The van der Waals surface area contributed by atoms with E-state index in [1.807, 2.05) is 20.8 Å². The second-order valence-electron chi connectivity index (χ2n) is 4.84. The van der Waals surface area contributed by atoms with E-state index in [4.69, 9.17) is 5.84 Å². The Kier molecular flexibility index (Phi) is 3.87. The first-order chi connectivity index (χ1) is 8.24. The predicted molar refractivity (Wildman–Crippen MR) is 68.1 cm³/mol. The summed E-state index contributed by atoms with van der Waals surface area (Å²) in [6.07, 6.45) is 0. The van der Waals surface area contributed by atoms with Crippen molar-refractivity contribution in [1.29, 1.82) is 0 Å². The summed E-state index contributed by atoms with van der Waals surface area (Å²) in [4.78, 5) is 22.1. The molecule has 1 rings (SSSR count). The third-order valence-corrected chi connectivity index (χ3v) is 2.10. The number of nitro benzene ring substituents is 1. The number of rotatable bonds is 3. The zero-order valence-electron chi connectivity index (χ0n) is 10.5. The molecule has 4 N–H and O–H groups in total. The van der Waals surface area contributed by atoms with Crippen LogP contribution in [0, 0.1) is 10.1 Å². The number of hydrazine groups is 1. The Hall–Kier alpha value is -2.15. The third kappa shape index (κ3) is 3.42. The van der Waals surface area contributed by atoms with E-state index in [0.29, 0.717) is 5.69 Å². The number of carbonyl (C=O) groups is 1. The molecule has 0 heterocycles. The molecule has 0 aliphatic heterocycles. The summed E-state index contributed by atoms with van der Waals surface area (Å²) in [7, 11) is 0. The van der Waals surface area contributed by atoms with Crippen molar-refractivity contribution in [3.05, 3.63) is 33.9 Å². The number of nitro groups is 1. The van der Waals surface area contributed by atoms with Gasteiger partial charge in [-0.05, 0) is 26.8 Å². The molecule has 18 heavy (non-hydrogen) atoms. The van der Waals surface area contributed by atoms with Crippen molar-refractivity contribution in [2.75, 3.05) is 5.43 Å². The molecular weight excluding hydrogens is 236 g/mol. The van der Waals surface area contributed by atoms with Gasteiger partial charge in [0, 0.05) is 17.7 Å². The SMILES string of the molecule is CC(C)(C)NC(=O)c1cc([N+](=O)[O-])ccc1NN. The number of amides is 1. The number of nitrogens with two attached hydrogens (primary N) is 1. The van der Waals surface area contributed by atoms with E-state index in [1.54, 1.807) is 0 Å². The van der Waals surface area contributed by atoms with Gasteiger partial charge < -0.3 is 10.7 Å². The number of nitrogens with zero attached hydrogens (tertiary/aromatic N) is 1. The molecule has 1 aromatic rings. The van der Waals surface area contributed by atoms with Crippen LogP contribution < -0.4 is 16.6 Å². The topological polar surface area (TPSA) is 110 Å². The fourth-order valence-corrected chi connectivity index (χ4v) is 1.37. The molecule has 0 aliphatic carbocycles. The van der Waals surface area contributed by atoms with Crippen LogP contribution in [0.15, 0.2) is 18.2 Å². The maximum absolute atomic E-state index is 12.0. The van der Waals surface area contributed by atoms with Gasteiger partial charge in [0.1, 0.15) is 0 Å². The molecule has 0 spiro atoms. The molecule has 0 aliphatic rings. The number of benzene rings is 1. The lowest BCUT2D eigenvalue weighted by atomic mass is 10.1. The van der Waals surface area contributed by atoms with Crippen LogP contribution in [0.25, 0.3) is 0 Å². The number of hydrogen-bond donors (Lipinski definition) is 3. The Balaban J connectivity index is 3.16. The average Bonchev–Trinajstić information content (AvgIpc) is 2.25. The highest BCUT2D eigenvalue weighted by molar-refractivity contribution is 6.00. The molecular formula is C11H16N4O3. The Bertz CT molecular complexity index is 480. The van der Waals surface area contributed by atoms with E-state index < -0.39 is 16.4 Å². The van der Waals surface area contributed by atoms with Crippen LogP contribution in [-0.2, 0) is 0 Å². The minimum absolute atomic E-state index is 0.140. The van der Waals surface area contributed by atoms with Gasteiger partial charge in [0.15, 0.2) is 0 Å². The monoisotopic (exact) mass is 252 g/mol. The molecule has 0 saturated carbocycles. The van der Waals surface area contributed by atoms with Crippen LogP contribution in [0.1, 0.15) is 31.1 Å². The van der Waals surface area contributed by atoms with Crippen molar-refractivity contribution >= 4 is 17.3 Å². The molecule has 0 unspecified atom stereocenters. The molecule has 0 fully saturated rings. The molecule has 7 nitrogen and oxygen atoms in total. The van der Waals surface area contributed by atoms with Crippen molar-refractivity contribution < 1.29 is 9.72 Å². The lowest BCUT2D eigenvalue weighted by Crippen LogP contribution is -2.41. The maximum atomic E-state index is 12.0. The van der Waals surface area contributed by atoms with Crippen molar-refractivity contribution in [3.8, 4) is 0 Å². The van der Waals surface area contributed by atoms with Crippen LogP contribution >= 0.6 is 0 Å². The number of anilines is 1. The molecule has 7 heteroatoms. The van der Waals surface area contributed by atoms with Crippen molar-refractivity contribution in [2.45, 2.75) is 26.3 Å². The highest BCUT2D eigenvalue weighted by atomic mass is 16.6. The Morgan fingerprint density at radius 2 is 2.00 bits per heavy atom. The van der Waals surface area contributed by atoms with Gasteiger partial charge in [-0.2, -0.15) is 0 Å². The van der Waals surface area contributed by atoms with Crippen LogP contribution in [0.5, 0.6) is 0 Å². The normalized spacial score (nSPS) is 10.9. The van der Waals surface area contributed by atoms with E-state index in [1.165, 1.54) is 18.2 Å². The number of hydrogen-bond acceptors (Lipinski definition) is 5. The smallest absolute Gasteiger partial charge is 0.270 e. The minimum atomic E-state index is -0.561. The Morgan fingerprint density at radius 1 is 1.39 bits per heavy atom. The Labute approximate surface area is 104 Å². The van der Waals surface area contributed by atoms with Gasteiger partial charge >= 0.3 is 0 Å². The lowest BCUT2D eigenvalue weighted by molar-refractivity contribution is -0.384. The molecule has 0 bridgehead atoms. The minimum Gasteiger partial charge on any atom is -0.347 e. The quantitative estimate of drug-likeness (QED) is 0.428. The van der Waals surface area contributed by atoms with Gasteiger partial charge in [-0.3, -0.25) is 20.8 Å². The second kappa shape index (κ2) is 5.01. The van der Waals surface area contributed by atoms with E-state index in [-0.39, 0.29) is 11.3 Å². The van der Waals surface area contributed by atoms with E-state index in [9.17, 15) is 14.9 Å². The van der Waals surface area contributed by atoms with Crippen molar-refractivity contribution in [3.63, 3.8) is 0 Å². The predicted octanol–water partition coefficient (Wildman–Crippen LogP) is 1.41. The molecule has 0 saturated heterocycles. The number of nitrogen functional groups attached to an aromatic ring is 1. The molecule has 0 aromatic heterocycles. The van der Waals surface area contributed by atoms with Gasteiger partial charge in [0.05, 0.1) is 16.2 Å². The highest BCUT2D eigenvalue weighted by Gasteiger charge is 2.20. The van der Waals surface area contributed by atoms with Gasteiger partial charge in [-0.15, -0.1) is 0 Å². The Morgan fingerprint density at radius 3 is 2.44 bits per heavy atom. The maximum Gasteiger partial charge on any atom is 0.270 e. The summed E-state index contributed by atoms with van der Waals surface area (Å²) in [5.74, 6) is 4.86. The second-order valence-corrected chi connectivity index (χ2v) is 4.84. The first-order valence-electron chi connectivity index (χ1n) is 5.32. The van der Waals surface area contributed by atoms with Crippen molar-refractivity contribution in [1.82, 2.24) is 5.32 Å². The number of carbonyl (C=O) groups excluding carboxylic acids is 1. The standard InChI is InChI=1S/C11H16N4O3/c1-11(2,3)13-10(16)8-6-7(15(17)18)4-5-9(8)14-12/h4-6,14H,12H2,1-3H3,(H,13,16). The molecule has 0 atom stereocenters. The highest BCUT2D eigenvalue weighted by Crippen LogP contribution is 2.22. The molecule has 98 valence electrons. The van der Waals surface area contributed by atoms with E-state index in [2.05, 4.69) is 10.7 Å². The summed E-state index contributed by atoms with van der Waals surface area (Å²) >= 11 is 0. The fourth-order valence-electron chi connectivity index (χ4n) is 1.37. The van der Waals surface area contributed by atoms with Crippen LogP contribution in [-0.4, -0.2) is 16.4 Å². The van der Waals surface area contributed by atoms with Gasteiger partial charge in [0.2, 0.25) is 0 Å². The lowest BCUT2D eigenvalue weighted by Gasteiger charge is -2.21. The van der Waals surface area contributed by atoms with Crippen LogP contribution in [0.3, 0.4) is 0 Å². The van der Waals surface area contributed by atoms with Gasteiger partial charge in [0.25, 0.3) is 11.6 Å². The van der Waals surface area contributed by atoms with Crippen LogP contribution in [0.4, 0.5) is 11.4 Å². The largest absolute Gasteiger partial charge is 0.347 e. The van der Waals surface area contributed by atoms with Gasteiger partial charge in [-0.1, -0.05) is 0 Å². The molecule has 0 radical (unpaired) electrons. The number of nitrogens with one attached hydrogen (secondary N) is 2. The first kappa shape index (κ1) is 13.9. The average molecular weight is 252 g/mol. The fraction of sp³-hybridized carbons (Fsp3) is 0.364. The zero-order valence-corrected chi connectivity index (χ0v) is 10.5.